The van der Waals surface area contributed by atoms with E-state index >= 15 is 0 Å². The van der Waals surface area contributed by atoms with Crippen LogP contribution in [-0.2, 0) is 24.3 Å². The zero-order valence-electron chi connectivity index (χ0n) is 16.1. The summed E-state index contributed by atoms with van der Waals surface area (Å²) in [5, 5.41) is 5.16. The molecule has 0 atom stereocenters. The Morgan fingerprint density at radius 2 is 2.17 bits per heavy atom. The topological polar surface area (TPSA) is 60.1 Å². The van der Waals surface area contributed by atoms with Crippen molar-refractivity contribution in [3.63, 3.8) is 0 Å². The van der Waals surface area contributed by atoms with E-state index in [1.165, 1.54) is 9.56 Å². The van der Waals surface area contributed by atoms with E-state index < -0.39 is 0 Å². The summed E-state index contributed by atoms with van der Waals surface area (Å²) >= 11 is 1.65. The van der Waals surface area contributed by atoms with Gasteiger partial charge in [0.25, 0.3) is 5.56 Å². The summed E-state index contributed by atoms with van der Waals surface area (Å²) in [5.41, 5.74) is 3.44. The van der Waals surface area contributed by atoms with Crippen LogP contribution < -0.4 is 10.5 Å². The Balaban J connectivity index is 1.57. The number of aryl methyl sites for hydroxylation is 1. The molecule has 4 heterocycles. The summed E-state index contributed by atoms with van der Waals surface area (Å²) in [5.74, 6) is -0.122. The molecule has 4 aromatic rings. The molecule has 0 aliphatic carbocycles. The molecule has 0 fully saturated rings. The lowest BCUT2D eigenvalue weighted by Crippen LogP contribution is -2.36. The number of para-hydroxylation sites is 1. The molecule has 1 aliphatic heterocycles. The van der Waals surface area contributed by atoms with Gasteiger partial charge in [-0.2, -0.15) is 5.10 Å². The first-order valence-electron chi connectivity index (χ1n) is 9.56. The molecule has 0 unspecified atom stereocenters. The average molecular weight is 404 g/mol. The molecule has 29 heavy (non-hydrogen) atoms. The Morgan fingerprint density at radius 3 is 3.00 bits per heavy atom. The number of rotatable bonds is 4. The van der Waals surface area contributed by atoms with Crippen LogP contribution in [0.5, 0.6) is 0 Å². The maximum atomic E-state index is 13.3. The number of hydrogen-bond donors (Lipinski definition) is 0. The summed E-state index contributed by atoms with van der Waals surface area (Å²) in [6.07, 6.45) is 4.32. The number of aromatic nitrogens is 3. The van der Waals surface area contributed by atoms with E-state index in [1.54, 1.807) is 28.5 Å². The highest BCUT2D eigenvalue weighted by molar-refractivity contribution is 7.20. The van der Waals surface area contributed by atoms with Gasteiger partial charge in [-0.25, -0.2) is 4.68 Å². The largest absolute Gasteiger partial charge is 0.331 e. The second kappa shape index (κ2) is 6.70. The highest BCUT2D eigenvalue weighted by Gasteiger charge is 2.25. The first-order valence-corrected chi connectivity index (χ1v) is 10.4. The van der Waals surface area contributed by atoms with E-state index in [4.69, 9.17) is 0 Å². The Labute approximate surface area is 171 Å². The predicted molar refractivity (Wildman–Crippen MR) is 117 cm³/mol. The van der Waals surface area contributed by atoms with Crippen LogP contribution in [0.25, 0.3) is 21.1 Å². The number of anilines is 1. The van der Waals surface area contributed by atoms with Gasteiger partial charge in [-0.05, 0) is 31.0 Å². The number of thiophene rings is 1. The summed E-state index contributed by atoms with van der Waals surface area (Å²) < 4.78 is 4.30. The molecule has 1 aliphatic rings. The van der Waals surface area contributed by atoms with Crippen molar-refractivity contribution in [3.05, 3.63) is 70.0 Å². The maximum Gasteiger partial charge on any atom is 0.291 e. The molecule has 146 valence electrons. The van der Waals surface area contributed by atoms with Gasteiger partial charge in [0.05, 0.1) is 16.4 Å². The van der Waals surface area contributed by atoms with Gasteiger partial charge in [0.2, 0.25) is 5.91 Å². The van der Waals surface area contributed by atoms with Crippen LogP contribution >= 0.6 is 11.3 Å². The minimum absolute atomic E-state index is 0.0744. The fourth-order valence-corrected chi connectivity index (χ4v) is 5.19. The SMILES string of the molecule is C=CCn1c2cc(C)sc2c2cnn(CC(=O)N3CCc4ccccc43)c(=O)c21. The number of allylic oxidation sites excluding steroid dienone is 1. The first-order chi connectivity index (χ1) is 14.1. The Morgan fingerprint density at radius 1 is 1.34 bits per heavy atom. The molecular weight excluding hydrogens is 384 g/mol. The van der Waals surface area contributed by atoms with Crippen LogP contribution in [0.4, 0.5) is 5.69 Å². The molecule has 0 bridgehead atoms. The summed E-state index contributed by atoms with van der Waals surface area (Å²) in [7, 11) is 0. The first kappa shape index (κ1) is 17.9. The summed E-state index contributed by atoms with van der Waals surface area (Å²) in [4.78, 5) is 29.1. The monoisotopic (exact) mass is 404 g/mol. The van der Waals surface area contributed by atoms with Crippen LogP contribution in [0.1, 0.15) is 10.4 Å². The third kappa shape index (κ3) is 2.73. The molecule has 7 heteroatoms. The van der Waals surface area contributed by atoms with Crippen molar-refractivity contribution in [1.82, 2.24) is 14.3 Å². The van der Waals surface area contributed by atoms with E-state index in [-0.39, 0.29) is 18.0 Å². The highest BCUT2D eigenvalue weighted by Crippen LogP contribution is 2.33. The summed E-state index contributed by atoms with van der Waals surface area (Å²) in [6, 6.07) is 9.98. The lowest BCUT2D eigenvalue weighted by atomic mass is 10.2. The third-order valence-electron chi connectivity index (χ3n) is 5.44. The van der Waals surface area contributed by atoms with Crippen molar-refractivity contribution >= 4 is 44.1 Å². The quantitative estimate of drug-likeness (QED) is 0.489. The van der Waals surface area contributed by atoms with Gasteiger partial charge in [-0.3, -0.25) is 9.59 Å². The molecule has 0 N–H and O–H groups in total. The Kier molecular flexibility index (Phi) is 4.13. The van der Waals surface area contributed by atoms with E-state index in [0.717, 1.165) is 33.3 Å². The fraction of sp³-hybridized carbons (Fsp3) is 0.227. The molecule has 5 rings (SSSR count). The van der Waals surface area contributed by atoms with Gasteiger partial charge in [0.15, 0.2) is 0 Å². The molecule has 3 aromatic heterocycles. The lowest BCUT2D eigenvalue weighted by Gasteiger charge is -2.17. The minimum Gasteiger partial charge on any atom is -0.331 e. The molecule has 0 radical (unpaired) electrons. The second-order valence-electron chi connectivity index (χ2n) is 7.26. The third-order valence-corrected chi connectivity index (χ3v) is 6.52. The smallest absolute Gasteiger partial charge is 0.291 e. The average Bonchev–Trinajstić information content (AvgIpc) is 3.37. The highest BCUT2D eigenvalue weighted by atomic mass is 32.1. The molecule has 1 aromatic carbocycles. The van der Waals surface area contributed by atoms with Crippen LogP contribution in [0.2, 0.25) is 0 Å². The van der Waals surface area contributed by atoms with E-state index in [2.05, 4.69) is 24.7 Å². The van der Waals surface area contributed by atoms with Gasteiger partial charge < -0.3 is 9.47 Å². The van der Waals surface area contributed by atoms with Crippen molar-refractivity contribution in [2.24, 2.45) is 0 Å². The maximum absolute atomic E-state index is 13.3. The van der Waals surface area contributed by atoms with Crippen LogP contribution in [-0.4, -0.2) is 26.8 Å². The lowest BCUT2D eigenvalue weighted by molar-refractivity contribution is -0.119. The van der Waals surface area contributed by atoms with Crippen molar-refractivity contribution in [2.45, 2.75) is 26.4 Å². The molecule has 0 saturated carbocycles. The van der Waals surface area contributed by atoms with Crippen LogP contribution in [0.3, 0.4) is 0 Å². The van der Waals surface area contributed by atoms with Crippen molar-refractivity contribution < 1.29 is 4.79 Å². The zero-order valence-corrected chi connectivity index (χ0v) is 16.9. The minimum atomic E-state index is -0.244. The van der Waals surface area contributed by atoms with E-state index in [1.807, 2.05) is 28.8 Å². The molecule has 0 spiro atoms. The zero-order chi connectivity index (χ0) is 20.1. The number of hydrogen-bond acceptors (Lipinski definition) is 4. The Bertz CT molecular complexity index is 1340. The second-order valence-corrected chi connectivity index (χ2v) is 8.52. The van der Waals surface area contributed by atoms with Crippen molar-refractivity contribution in [2.75, 3.05) is 11.4 Å². The van der Waals surface area contributed by atoms with Crippen molar-refractivity contribution in [1.29, 1.82) is 0 Å². The number of nitrogens with zero attached hydrogens (tertiary/aromatic N) is 4. The van der Waals surface area contributed by atoms with Gasteiger partial charge >= 0.3 is 0 Å². The standard InChI is InChI=1S/C22H20N4O2S/c1-3-9-25-18-11-14(2)29-21(18)16-12-23-26(22(28)20(16)25)13-19(27)24-10-8-15-6-4-5-7-17(15)24/h3-7,11-12H,1,8-10,13H2,2H3. The summed E-state index contributed by atoms with van der Waals surface area (Å²) in [6.45, 7) is 6.97. The number of fused-ring (bicyclic) bond motifs is 4. The van der Waals surface area contributed by atoms with Gasteiger partial charge in [0, 0.05) is 29.0 Å². The van der Waals surface area contributed by atoms with E-state index in [0.29, 0.717) is 18.6 Å². The molecular formula is C22H20N4O2S. The van der Waals surface area contributed by atoms with Crippen LogP contribution in [0.15, 0.2) is 54.0 Å². The number of carbonyl (C=O) groups is 1. The predicted octanol–water partition coefficient (Wildman–Crippen LogP) is 3.50. The fourth-order valence-electron chi connectivity index (χ4n) is 4.16. The molecule has 6 nitrogen and oxygen atoms in total. The molecule has 0 saturated heterocycles. The normalized spacial score (nSPS) is 13.3. The van der Waals surface area contributed by atoms with Gasteiger partial charge in [-0.1, -0.05) is 24.3 Å². The van der Waals surface area contributed by atoms with Gasteiger partial charge in [0.1, 0.15) is 12.1 Å². The number of carbonyl (C=O) groups excluding carboxylic acids is 1. The number of amides is 1. The molecule has 1 amide bonds. The van der Waals surface area contributed by atoms with Crippen LogP contribution in [0, 0.1) is 6.92 Å². The van der Waals surface area contributed by atoms with Gasteiger partial charge in [-0.15, -0.1) is 17.9 Å². The Hall–Kier alpha value is -3.19. The van der Waals surface area contributed by atoms with Crippen molar-refractivity contribution in [3.8, 4) is 0 Å². The van der Waals surface area contributed by atoms with E-state index in [9.17, 15) is 9.59 Å². The number of benzene rings is 1.